The van der Waals surface area contributed by atoms with E-state index in [1.54, 1.807) is 18.2 Å². The smallest absolute Gasteiger partial charge is 0.344 e. The molecule has 26 heavy (non-hydrogen) atoms. The maximum absolute atomic E-state index is 13.0. The number of ether oxygens (including phenoxy) is 1. The van der Waals surface area contributed by atoms with Crippen LogP contribution in [0.2, 0.25) is 0 Å². The van der Waals surface area contributed by atoms with Gasteiger partial charge in [0.1, 0.15) is 23.8 Å². The minimum Gasteiger partial charge on any atom is -0.488 e. The largest absolute Gasteiger partial charge is 0.488 e. The van der Waals surface area contributed by atoms with E-state index >= 15 is 0 Å². The Labute approximate surface area is 148 Å². The van der Waals surface area contributed by atoms with E-state index in [0.717, 1.165) is 21.9 Å². The van der Waals surface area contributed by atoms with Gasteiger partial charge in [0.2, 0.25) is 0 Å². The van der Waals surface area contributed by atoms with Crippen molar-refractivity contribution in [1.29, 1.82) is 0 Å². The molecule has 132 valence electrons. The summed E-state index contributed by atoms with van der Waals surface area (Å²) < 4.78 is 24.3. The van der Waals surface area contributed by atoms with Crippen molar-refractivity contribution in [2.45, 2.75) is 13.5 Å². The first-order valence-electron chi connectivity index (χ1n) is 7.96. The van der Waals surface area contributed by atoms with Crippen LogP contribution >= 0.6 is 0 Å². The fourth-order valence-electron chi connectivity index (χ4n) is 2.96. The molecule has 5 heteroatoms. The normalized spacial score (nSPS) is 10.7. The Kier molecular flexibility index (Phi) is 4.73. The Bertz CT molecular complexity index is 1130. The second-order valence-electron chi connectivity index (χ2n) is 5.92. The molecule has 4 rings (SSSR count). The predicted octanol–water partition coefficient (Wildman–Crippen LogP) is 4.15. The lowest BCUT2D eigenvalue weighted by molar-refractivity contribution is 0.304. The lowest BCUT2D eigenvalue weighted by atomic mass is 10.0. The molecule has 0 atom stereocenters. The maximum atomic E-state index is 13.0. The van der Waals surface area contributed by atoms with E-state index in [-0.39, 0.29) is 16.9 Å². The zero-order chi connectivity index (χ0) is 17.4. The molecule has 4 aromatic rings. The van der Waals surface area contributed by atoms with Crippen molar-refractivity contribution in [1.82, 2.24) is 0 Å². The summed E-state index contributed by atoms with van der Waals surface area (Å²) in [6.45, 7) is 2.17. The molecular weight excluding hydrogens is 335 g/mol. The molecule has 0 saturated carbocycles. The Morgan fingerprint density at radius 2 is 1.62 bits per heavy atom. The molecule has 2 N–H and O–H groups in total. The number of aryl methyl sites for hydroxylation is 1. The van der Waals surface area contributed by atoms with Crippen LogP contribution in [0.3, 0.4) is 0 Å². The molecule has 0 amide bonds. The molecule has 0 aliphatic rings. The van der Waals surface area contributed by atoms with Gasteiger partial charge in [-0.2, -0.15) is 0 Å². The van der Waals surface area contributed by atoms with Crippen LogP contribution in [0.15, 0.2) is 69.9 Å². The minimum absolute atomic E-state index is 0. The van der Waals surface area contributed by atoms with Crippen molar-refractivity contribution in [2.75, 3.05) is 0 Å². The molecule has 0 fully saturated rings. The molecule has 0 aliphatic carbocycles. The van der Waals surface area contributed by atoms with Gasteiger partial charge in [0.05, 0.1) is 5.39 Å². The summed E-state index contributed by atoms with van der Waals surface area (Å²) in [6.07, 6.45) is 0. The van der Waals surface area contributed by atoms with Crippen LogP contribution in [0.4, 0.5) is 4.39 Å². The first kappa shape index (κ1) is 17.6. The molecule has 3 aromatic carbocycles. The third-order valence-electron chi connectivity index (χ3n) is 4.30. The summed E-state index contributed by atoms with van der Waals surface area (Å²) in [6, 6.07) is 17.3. The van der Waals surface area contributed by atoms with Gasteiger partial charge in [-0.3, -0.25) is 0 Å². The van der Waals surface area contributed by atoms with Gasteiger partial charge in [0.15, 0.2) is 0 Å². The highest BCUT2D eigenvalue weighted by molar-refractivity contribution is 6.05. The number of rotatable bonds is 3. The molecule has 0 saturated heterocycles. The summed E-state index contributed by atoms with van der Waals surface area (Å²) in [5.74, 6) is 0.356. The Balaban J connectivity index is 0.00000196. The number of hydrogen-bond donors (Lipinski definition) is 0. The topological polar surface area (TPSA) is 70.9 Å². The Morgan fingerprint density at radius 1 is 0.923 bits per heavy atom. The maximum Gasteiger partial charge on any atom is 0.344 e. The van der Waals surface area contributed by atoms with E-state index in [9.17, 15) is 9.18 Å². The number of hydrogen-bond acceptors (Lipinski definition) is 3. The molecule has 1 aromatic heterocycles. The number of fused-ring (bicyclic) bond motifs is 3. The summed E-state index contributed by atoms with van der Waals surface area (Å²) >= 11 is 0. The second kappa shape index (κ2) is 6.98. The predicted molar refractivity (Wildman–Crippen MR) is 99.1 cm³/mol. The van der Waals surface area contributed by atoms with Crippen molar-refractivity contribution in [3.63, 3.8) is 0 Å². The highest BCUT2D eigenvalue weighted by atomic mass is 19.1. The standard InChI is InChI=1S/C21H15FO3.H2O/c1-13-19(24-12-14-6-8-15(22)9-7-14)11-10-17-16-4-2-3-5-18(16)21(23)25-20(13)17;/h2-11H,12H2,1H3;1H2. The first-order valence-corrected chi connectivity index (χ1v) is 7.96. The first-order chi connectivity index (χ1) is 12.1. The Hall–Kier alpha value is -3.18. The Morgan fingerprint density at radius 3 is 2.35 bits per heavy atom. The summed E-state index contributed by atoms with van der Waals surface area (Å²) in [4.78, 5) is 12.2. The van der Waals surface area contributed by atoms with Crippen molar-refractivity contribution >= 4 is 21.7 Å². The quantitative estimate of drug-likeness (QED) is 0.411. The van der Waals surface area contributed by atoms with E-state index < -0.39 is 0 Å². The van der Waals surface area contributed by atoms with Crippen LogP contribution in [0.25, 0.3) is 21.7 Å². The summed E-state index contributed by atoms with van der Waals surface area (Å²) in [5.41, 5.74) is 1.80. The van der Waals surface area contributed by atoms with Crippen LogP contribution in [0.1, 0.15) is 11.1 Å². The van der Waals surface area contributed by atoms with Gasteiger partial charge in [-0.05, 0) is 48.2 Å². The SMILES string of the molecule is Cc1c(OCc2ccc(F)cc2)ccc2c1oc(=O)c1ccccc12.O. The molecule has 0 spiro atoms. The minimum atomic E-state index is -0.359. The lowest BCUT2D eigenvalue weighted by Gasteiger charge is -2.11. The van der Waals surface area contributed by atoms with E-state index in [1.807, 2.05) is 37.3 Å². The van der Waals surface area contributed by atoms with Gasteiger partial charge in [-0.15, -0.1) is 0 Å². The highest BCUT2D eigenvalue weighted by Crippen LogP contribution is 2.31. The number of benzene rings is 3. The molecule has 1 heterocycles. The number of halogens is 1. The third kappa shape index (κ3) is 3.05. The van der Waals surface area contributed by atoms with Crippen molar-refractivity contribution in [3.05, 3.63) is 88.0 Å². The monoisotopic (exact) mass is 352 g/mol. The lowest BCUT2D eigenvalue weighted by Crippen LogP contribution is -2.02. The summed E-state index contributed by atoms with van der Waals surface area (Å²) in [5, 5.41) is 2.30. The van der Waals surface area contributed by atoms with Gasteiger partial charge in [-0.1, -0.05) is 30.3 Å². The van der Waals surface area contributed by atoms with E-state index in [2.05, 4.69) is 0 Å². The highest BCUT2D eigenvalue weighted by Gasteiger charge is 2.12. The van der Waals surface area contributed by atoms with Crippen LogP contribution in [-0.2, 0) is 6.61 Å². The van der Waals surface area contributed by atoms with E-state index in [1.165, 1.54) is 12.1 Å². The third-order valence-corrected chi connectivity index (χ3v) is 4.30. The molecule has 0 aliphatic heterocycles. The molecule has 0 unspecified atom stereocenters. The summed E-state index contributed by atoms with van der Waals surface area (Å²) in [7, 11) is 0. The molecular formula is C21H17FO4. The van der Waals surface area contributed by atoms with Crippen LogP contribution < -0.4 is 10.4 Å². The van der Waals surface area contributed by atoms with E-state index in [4.69, 9.17) is 9.15 Å². The fourth-order valence-corrected chi connectivity index (χ4v) is 2.96. The van der Waals surface area contributed by atoms with Gasteiger partial charge in [0.25, 0.3) is 0 Å². The van der Waals surface area contributed by atoms with Crippen LogP contribution in [-0.4, -0.2) is 5.48 Å². The second-order valence-corrected chi connectivity index (χ2v) is 5.92. The van der Waals surface area contributed by atoms with Crippen LogP contribution in [0.5, 0.6) is 5.75 Å². The molecule has 4 nitrogen and oxygen atoms in total. The van der Waals surface area contributed by atoms with Crippen molar-refractivity contribution in [3.8, 4) is 5.75 Å². The van der Waals surface area contributed by atoms with Crippen molar-refractivity contribution < 1.29 is 19.0 Å². The average molecular weight is 352 g/mol. The van der Waals surface area contributed by atoms with Gasteiger partial charge < -0.3 is 14.6 Å². The molecule has 0 bridgehead atoms. The molecule has 0 radical (unpaired) electrons. The van der Waals surface area contributed by atoms with Gasteiger partial charge in [0, 0.05) is 10.9 Å². The van der Waals surface area contributed by atoms with Crippen LogP contribution in [0, 0.1) is 12.7 Å². The van der Waals surface area contributed by atoms with Crippen molar-refractivity contribution in [2.24, 2.45) is 0 Å². The van der Waals surface area contributed by atoms with Gasteiger partial charge in [-0.25, -0.2) is 9.18 Å². The fraction of sp³-hybridized carbons (Fsp3) is 0.0952. The average Bonchev–Trinajstić information content (AvgIpc) is 2.63. The van der Waals surface area contributed by atoms with E-state index in [0.29, 0.717) is 23.3 Å². The van der Waals surface area contributed by atoms with Gasteiger partial charge >= 0.3 is 5.63 Å². The zero-order valence-corrected chi connectivity index (χ0v) is 14.1. The zero-order valence-electron chi connectivity index (χ0n) is 14.1.